The molecule has 2 heterocycles. The van der Waals surface area contributed by atoms with Crippen molar-refractivity contribution in [3.8, 4) is 5.75 Å². The van der Waals surface area contributed by atoms with E-state index in [1.165, 1.54) is 29.0 Å². The van der Waals surface area contributed by atoms with E-state index in [4.69, 9.17) is 9.73 Å². The first-order chi connectivity index (χ1) is 19.7. The number of aromatic nitrogens is 1. The zero-order valence-electron chi connectivity index (χ0n) is 21.6. The monoisotopic (exact) mass is 544 g/mol. The van der Waals surface area contributed by atoms with Crippen LogP contribution in [0.15, 0.2) is 118 Å². The number of fused-ring (bicyclic) bond motifs is 3. The highest BCUT2D eigenvalue weighted by atomic mass is 32.1. The highest BCUT2D eigenvalue weighted by molar-refractivity contribution is 7.07. The Kier molecular flexibility index (Phi) is 6.25. The largest absolute Gasteiger partial charge is 0.488 e. The van der Waals surface area contributed by atoms with Gasteiger partial charge in [0.15, 0.2) is 4.80 Å². The summed E-state index contributed by atoms with van der Waals surface area (Å²) in [5, 5.41) is 0. The molecule has 0 saturated heterocycles. The lowest BCUT2D eigenvalue weighted by molar-refractivity contribution is 0.305. The maximum Gasteiger partial charge on any atom is 0.271 e. The third-order valence-electron chi connectivity index (χ3n) is 7.48. The summed E-state index contributed by atoms with van der Waals surface area (Å²) >= 11 is 1.36. The van der Waals surface area contributed by atoms with Gasteiger partial charge in [-0.05, 0) is 59.4 Å². The van der Waals surface area contributed by atoms with Crippen LogP contribution in [-0.2, 0) is 13.0 Å². The molecule has 0 radical (unpaired) electrons. The third-order valence-corrected chi connectivity index (χ3v) is 8.46. The standard InChI is InChI=1S/C34H25FN2O2S/c35-26-14-8-13-25(19-26)32-28-18-17-23-11-4-6-15-27(23)31(28)36-34-37(32)33(38)30(40-34)20-24-12-5-7-16-29(24)39-21-22-9-2-1-3-10-22/h1-16,19-20,32H,17-18,21H2. The van der Waals surface area contributed by atoms with E-state index in [2.05, 4.69) is 12.1 Å². The zero-order chi connectivity index (χ0) is 27.1. The van der Waals surface area contributed by atoms with E-state index in [1.54, 1.807) is 10.6 Å². The van der Waals surface area contributed by atoms with Gasteiger partial charge in [0, 0.05) is 11.1 Å². The van der Waals surface area contributed by atoms with Crippen molar-refractivity contribution < 1.29 is 9.13 Å². The maximum atomic E-state index is 14.4. The molecule has 0 N–H and O–H groups in total. The molecule has 0 spiro atoms. The van der Waals surface area contributed by atoms with Crippen LogP contribution in [-0.4, -0.2) is 4.57 Å². The fourth-order valence-electron chi connectivity index (χ4n) is 5.61. The molecule has 1 aromatic heterocycles. The van der Waals surface area contributed by atoms with Crippen LogP contribution in [0.3, 0.4) is 0 Å². The first-order valence-electron chi connectivity index (χ1n) is 13.3. The van der Waals surface area contributed by atoms with E-state index >= 15 is 0 Å². The van der Waals surface area contributed by atoms with Crippen molar-refractivity contribution in [1.29, 1.82) is 0 Å². The van der Waals surface area contributed by atoms with Gasteiger partial charge in [0.05, 0.1) is 16.3 Å². The lowest BCUT2D eigenvalue weighted by Crippen LogP contribution is -2.38. The summed E-state index contributed by atoms with van der Waals surface area (Å²) in [6, 6.07) is 32.1. The van der Waals surface area contributed by atoms with Crippen LogP contribution in [0.25, 0.3) is 11.8 Å². The molecule has 0 saturated carbocycles. The number of thiazole rings is 1. The van der Waals surface area contributed by atoms with Gasteiger partial charge in [0.1, 0.15) is 18.2 Å². The Hall–Kier alpha value is -4.55. The third kappa shape index (κ3) is 4.40. The SMILES string of the molecule is O=c1c(=Cc2ccccc2OCc2ccccc2)sc2n1C(c1cccc(F)c1)C1=C(N=2)c2ccccc2CC1. The molecule has 40 heavy (non-hydrogen) atoms. The molecule has 0 bridgehead atoms. The van der Waals surface area contributed by atoms with E-state index in [0.29, 0.717) is 21.7 Å². The molecule has 4 nitrogen and oxygen atoms in total. The van der Waals surface area contributed by atoms with Crippen molar-refractivity contribution in [1.82, 2.24) is 4.57 Å². The van der Waals surface area contributed by atoms with E-state index in [9.17, 15) is 9.18 Å². The minimum Gasteiger partial charge on any atom is -0.488 e. The fraction of sp³-hybridized carbons (Fsp3) is 0.118. The summed E-state index contributed by atoms with van der Waals surface area (Å²) in [6.45, 7) is 0.429. The van der Waals surface area contributed by atoms with Crippen LogP contribution >= 0.6 is 11.3 Å². The number of para-hydroxylation sites is 1. The Labute approximate surface area is 234 Å². The Bertz CT molecular complexity index is 1960. The van der Waals surface area contributed by atoms with Crippen molar-refractivity contribution in [2.75, 3.05) is 0 Å². The van der Waals surface area contributed by atoms with Crippen LogP contribution < -0.4 is 19.6 Å². The van der Waals surface area contributed by atoms with E-state index < -0.39 is 6.04 Å². The van der Waals surface area contributed by atoms with Crippen molar-refractivity contribution >= 4 is 23.1 Å². The van der Waals surface area contributed by atoms with Gasteiger partial charge in [-0.1, -0.05) is 96.3 Å². The number of ether oxygens (including phenoxy) is 1. The second-order valence-corrected chi connectivity index (χ2v) is 11.0. The number of halogens is 1. The lowest BCUT2D eigenvalue weighted by Gasteiger charge is -2.30. The molecule has 1 unspecified atom stereocenters. The number of hydrogen-bond acceptors (Lipinski definition) is 4. The summed E-state index contributed by atoms with van der Waals surface area (Å²) in [6.07, 6.45) is 3.49. The fourth-order valence-corrected chi connectivity index (χ4v) is 6.60. The van der Waals surface area contributed by atoms with Gasteiger partial charge < -0.3 is 4.74 Å². The zero-order valence-corrected chi connectivity index (χ0v) is 22.4. The van der Waals surface area contributed by atoms with Gasteiger partial charge >= 0.3 is 0 Å². The minimum absolute atomic E-state index is 0.138. The van der Waals surface area contributed by atoms with Crippen molar-refractivity contribution in [2.24, 2.45) is 4.99 Å². The number of hydrogen-bond donors (Lipinski definition) is 0. The Morgan fingerprint density at radius 3 is 2.60 bits per heavy atom. The normalized spacial score (nSPS) is 16.1. The van der Waals surface area contributed by atoms with Gasteiger partial charge in [-0.3, -0.25) is 9.36 Å². The van der Waals surface area contributed by atoms with Gasteiger partial charge in [-0.2, -0.15) is 0 Å². The summed E-state index contributed by atoms with van der Waals surface area (Å²) in [7, 11) is 0. The van der Waals surface area contributed by atoms with E-state index in [1.807, 2.05) is 78.9 Å². The minimum atomic E-state index is -0.415. The van der Waals surface area contributed by atoms with Gasteiger partial charge in [-0.25, -0.2) is 9.38 Å². The molecule has 0 amide bonds. The highest BCUT2D eigenvalue weighted by Gasteiger charge is 2.32. The maximum absolute atomic E-state index is 14.4. The van der Waals surface area contributed by atoms with Crippen LogP contribution in [0.5, 0.6) is 5.75 Å². The topological polar surface area (TPSA) is 43.6 Å². The van der Waals surface area contributed by atoms with Gasteiger partial charge in [0.2, 0.25) is 0 Å². The number of allylic oxidation sites excluding steroid dienone is 1. The van der Waals surface area contributed by atoms with Crippen LogP contribution in [0.2, 0.25) is 0 Å². The first-order valence-corrected chi connectivity index (χ1v) is 14.1. The molecule has 5 aromatic rings. The molecule has 196 valence electrons. The summed E-state index contributed by atoms with van der Waals surface area (Å²) in [5.41, 5.74) is 6.78. The highest BCUT2D eigenvalue weighted by Crippen LogP contribution is 2.41. The lowest BCUT2D eigenvalue weighted by atomic mass is 9.83. The summed E-state index contributed by atoms with van der Waals surface area (Å²) in [4.78, 5) is 19.7. The molecule has 1 aliphatic carbocycles. The predicted octanol–water partition coefficient (Wildman–Crippen LogP) is 6.04. The van der Waals surface area contributed by atoms with E-state index in [-0.39, 0.29) is 11.4 Å². The summed E-state index contributed by atoms with van der Waals surface area (Å²) in [5.74, 6) is 0.381. The molecular weight excluding hydrogens is 519 g/mol. The molecule has 1 aliphatic heterocycles. The smallest absolute Gasteiger partial charge is 0.271 e. The van der Waals surface area contributed by atoms with Gasteiger partial charge in [0.25, 0.3) is 5.56 Å². The molecule has 7 rings (SSSR count). The molecule has 1 atom stereocenters. The number of aryl methyl sites for hydroxylation is 1. The van der Waals surface area contributed by atoms with Crippen molar-refractivity contribution in [3.05, 3.63) is 162 Å². The number of rotatable bonds is 5. The first kappa shape index (κ1) is 24.5. The molecule has 2 aliphatic rings. The Balaban J connectivity index is 1.38. The molecular formula is C34H25FN2O2S. The second kappa shape index (κ2) is 10.2. The molecule has 4 aromatic carbocycles. The Morgan fingerprint density at radius 1 is 0.925 bits per heavy atom. The van der Waals surface area contributed by atoms with Crippen LogP contribution in [0, 0.1) is 5.82 Å². The van der Waals surface area contributed by atoms with Crippen molar-refractivity contribution in [2.45, 2.75) is 25.5 Å². The quantitative estimate of drug-likeness (QED) is 0.271. The van der Waals surface area contributed by atoms with Crippen LogP contribution in [0.4, 0.5) is 4.39 Å². The van der Waals surface area contributed by atoms with Gasteiger partial charge in [-0.15, -0.1) is 0 Å². The number of nitrogens with zero attached hydrogens (tertiary/aromatic N) is 2. The second-order valence-electron chi connectivity index (χ2n) is 9.98. The van der Waals surface area contributed by atoms with Crippen LogP contribution in [0.1, 0.15) is 40.3 Å². The average molecular weight is 545 g/mol. The van der Waals surface area contributed by atoms with Crippen molar-refractivity contribution in [3.63, 3.8) is 0 Å². The predicted molar refractivity (Wildman–Crippen MR) is 156 cm³/mol. The average Bonchev–Trinajstić information content (AvgIpc) is 3.30. The Morgan fingerprint density at radius 2 is 1.73 bits per heavy atom. The molecule has 6 heteroatoms. The molecule has 0 fully saturated rings. The summed E-state index contributed by atoms with van der Waals surface area (Å²) < 4.78 is 22.9. The number of benzene rings is 4. The van der Waals surface area contributed by atoms with E-state index in [0.717, 1.165) is 46.4 Å².